The van der Waals surface area contributed by atoms with Gasteiger partial charge in [-0.25, -0.2) is 4.39 Å². The number of rotatable bonds is 5. The fourth-order valence-electron chi connectivity index (χ4n) is 1.69. The highest BCUT2D eigenvalue weighted by Gasteiger charge is 2.05. The lowest BCUT2D eigenvalue weighted by molar-refractivity contribution is 0.0946. The van der Waals surface area contributed by atoms with E-state index in [2.05, 4.69) is 5.32 Å². The van der Waals surface area contributed by atoms with Crippen LogP contribution in [0, 0.1) is 12.7 Å². The van der Waals surface area contributed by atoms with Crippen LogP contribution in [0.4, 0.5) is 4.39 Å². The van der Waals surface area contributed by atoms with Crippen LogP contribution in [0.25, 0.3) is 0 Å². The van der Waals surface area contributed by atoms with Crippen molar-refractivity contribution in [2.24, 2.45) is 0 Å². The van der Waals surface area contributed by atoms with Crippen molar-refractivity contribution in [3.63, 3.8) is 0 Å². The second-order valence-electron chi connectivity index (χ2n) is 4.40. The summed E-state index contributed by atoms with van der Waals surface area (Å²) in [5.74, 6) is -0.378. The van der Waals surface area contributed by atoms with Crippen LogP contribution < -0.4 is 10.1 Å². The van der Waals surface area contributed by atoms with Crippen molar-refractivity contribution >= 4 is 5.91 Å². The van der Waals surface area contributed by atoms with Crippen molar-refractivity contribution in [2.45, 2.75) is 6.92 Å². The van der Waals surface area contributed by atoms with E-state index in [9.17, 15) is 9.18 Å². The number of aryl methyl sites for hydroxylation is 1. The standard InChI is InChI=1S/C16H16FNO2/c1-12-6-8-13(9-7-12)16(19)18-10-11-20-15-5-3-2-4-14(15)17/h2-9H,10-11H2,1H3,(H,18,19). The monoisotopic (exact) mass is 273 g/mol. The molecule has 4 heteroatoms. The minimum Gasteiger partial charge on any atom is -0.489 e. The molecule has 0 radical (unpaired) electrons. The van der Waals surface area contributed by atoms with Gasteiger partial charge < -0.3 is 10.1 Å². The number of amides is 1. The molecule has 2 aromatic rings. The highest BCUT2D eigenvalue weighted by atomic mass is 19.1. The number of carbonyl (C=O) groups is 1. The molecule has 2 rings (SSSR count). The predicted molar refractivity (Wildman–Crippen MR) is 75.4 cm³/mol. The molecule has 0 fully saturated rings. The fraction of sp³-hybridized carbons (Fsp3) is 0.188. The minimum atomic E-state index is -0.405. The van der Waals surface area contributed by atoms with Gasteiger partial charge in [0.25, 0.3) is 5.91 Å². The summed E-state index contributed by atoms with van der Waals surface area (Å²) >= 11 is 0. The van der Waals surface area contributed by atoms with E-state index in [0.717, 1.165) is 5.56 Å². The Balaban J connectivity index is 1.77. The molecule has 0 atom stereocenters. The molecule has 0 aromatic heterocycles. The first kappa shape index (κ1) is 14.1. The number of hydrogen-bond donors (Lipinski definition) is 1. The molecule has 0 saturated heterocycles. The Bertz CT molecular complexity index is 581. The number of nitrogens with one attached hydrogen (secondary N) is 1. The molecular weight excluding hydrogens is 257 g/mol. The van der Waals surface area contributed by atoms with E-state index in [1.807, 2.05) is 19.1 Å². The predicted octanol–water partition coefficient (Wildman–Crippen LogP) is 2.94. The van der Waals surface area contributed by atoms with Crippen LogP contribution >= 0.6 is 0 Å². The highest BCUT2D eigenvalue weighted by Crippen LogP contribution is 2.14. The Kier molecular flexibility index (Phi) is 4.71. The Labute approximate surface area is 117 Å². The van der Waals surface area contributed by atoms with E-state index < -0.39 is 5.82 Å². The third kappa shape index (κ3) is 3.82. The average molecular weight is 273 g/mol. The number of ether oxygens (including phenoxy) is 1. The average Bonchev–Trinajstić information content (AvgIpc) is 2.46. The van der Waals surface area contributed by atoms with Crippen LogP contribution in [0.2, 0.25) is 0 Å². The highest BCUT2D eigenvalue weighted by molar-refractivity contribution is 5.94. The van der Waals surface area contributed by atoms with E-state index in [1.54, 1.807) is 30.3 Å². The molecule has 104 valence electrons. The van der Waals surface area contributed by atoms with Gasteiger partial charge in [-0.1, -0.05) is 29.8 Å². The Morgan fingerprint density at radius 1 is 1.15 bits per heavy atom. The molecule has 20 heavy (non-hydrogen) atoms. The minimum absolute atomic E-state index is 0.165. The topological polar surface area (TPSA) is 38.3 Å². The van der Waals surface area contributed by atoms with Gasteiger partial charge in [-0.05, 0) is 31.2 Å². The van der Waals surface area contributed by atoms with Gasteiger partial charge in [0.05, 0.1) is 6.54 Å². The summed E-state index contributed by atoms with van der Waals surface area (Å²) in [7, 11) is 0. The SMILES string of the molecule is Cc1ccc(C(=O)NCCOc2ccccc2F)cc1. The van der Waals surface area contributed by atoms with Gasteiger partial charge in [0.2, 0.25) is 0 Å². The first-order valence-electron chi connectivity index (χ1n) is 6.39. The molecule has 2 aromatic carbocycles. The summed E-state index contributed by atoms with van der Waals surface area (Å²) < 4.78 is 18.5. The van der Waals surface area contributed by atoms with Crippen LogP contribution in [-0.2, 0) is 0 Å². The first-order valence-corrected chi connectivity index (χ1v) is 6.39. The smallest absolute Gasteiger partial charge is 0.251 e. The van der Waals surface area contributed by atoms with Crippen LogP contribution in [-0.4, -0.2) is 19.1 Å². The zero-order valence-electron chi connectivity index (χ0n) is 11.2. The van der Waals surface area contributed by atoms with Gasteiger partial charge >= 0.3 is 0 Å². The lowest BCUT2D eigenvalue weighted by atomic mass is 10.1. The van der Waals surface area contributed by atoms with Crippen molar-refractivity contribution in [2.75, 3.05) is 13.2 Å². The molecule has 0 aliphatic rings. The van der Waals surface area contributed by atoms with Gasteiger partial charge in [0.1, 0.15) is 6.61 Å². The zero-order chi connectivity index (χ0) is 14.4. The van der Waals surface area contributed by atoms with Gasteiger partial charge in [-0.15, -0.1) is 0 Å². The van der Waals surface area contributed by atoms with Crippen molar-refractivity contribution < 1.29 is 13.9 Å². The second kappa shape index (κ2) is 6.70. The van der Waals surface area contributed by atoms with Crippen molar-refractivity contribution in [3.8, 4) is 5.75 Å². The molecule has 0 unspecified atom stereocenters. The van der Waals surface area contributed by atoms with Crippen molar-refractivity contribution in [1.29, 1.82) is 0 Å². The Morgan fingerprint density at radius 2 is 1.85 bits per heavy atom. The molecule has 0 aliphatic heterocycles. The maximum Gasteiger partial charge on any atom is 0.251 e. The summed E-state index contributed by atoms with van der Waals surface area (Å²) in [6, 6.07) is 13.5. The van der Waals surface area contributed by atoms with Gasteiger partial charge in [0.15, 0.2) is 11.6 Å². The molecule has 0 heterocycles. The van der Waals surface area contributed by atoms with E-state index in [-0.39, 0.29) is 18.3 Å². The molecule has 3 nitrogen and oxygen atoms in total. The Hall–Kier alpha value is -2.36. The molecular formula is C16H16FNO2. The largest absolute Gasteiger partial charge is 0.489 e. The van der Waals surface area contributed by atoms with Crippen molar-refractivity contribution in [3.05, 3.63) is 65.5 Å². The summed E-state index contributed by atoms with van der Waals surface area (Å²) in [4.78, 5) is 11.8. The Morgan fingerprint density at radius 3 is 2.55 bits per heavy atom. The van der Waals surface area contributed by atoms with Crippen LogP contribution in [0.1, 0.15) is 15.9 Å². The number of benzene rings is 2. The maximum atomic E-state index is 13.3. The van der Waals surface area contributed by atoms with E-state index in [0.29, 0.717) is 12.1 Å². The molecule has 0 bridgehead atoms. The van der Waals surface area contributed by atoms with Crippen molar-refractivity contribution in [1.82, 2.24) is 5.32 Å². The van der Waals surface area contributed by atoms with Gasteiger partial charge in [-0.3, -0.25) is 4.79 Å². The van der Waals surface area contributed by atoms with E-state index in [4.69, 9.17) is 4.74 Å². The molecule has 0 spiro atoms. The van der Waals surface area contributed by atoms with Gasteiger partial charge in [0, 0.05) is 5.56 Å². The number of para-hydroxylation sites is 1. The van der Waals surface area contributed by atoms with Crippen LogP contribution in [0.5, 0.6) is 5.75 Å². The van der Waals surface area contributed by atoms with Crippen LogP contribution in [0.15, 0.2) is 48.5 Å². The molecule has 1 amide bonds. The fourth-order valence-corrected chi connectivity index (χ4v) is 1.69. The van der Waals surface area contributed by atoms with E-state index >= 15 is 0 Å². The quantitative estimate of drug-likeness (QED) is 0.851. The summed E-state index contributed by atoms with van der Waals surface area (Å²) in [6.45, 7) is 2.50. The summed E-state index contributed by atoms with van der Waals surface area (Å²) in [5, 5.41) is 2.72. The number of hydrogen-bond acceptors (Lipinski definition) is 2. The third-order valence-electron chi connectivity index (χ3n) is 2.80. The molecule has 0 aliphatic carbocycles. The summed E-state index contributed by atoms with van der Waals surface area (Å²) in [6.07, 6.45) is 0. The molecule has 1 N–H and O–H groups in total. The maximum absolute atomic E-state index is 13.3. The summed E-state index contributed by atoms with van der Waals surface area (Å²) in [5.41, 5.74) is 1.70. The number of halogens is 1. The van der Waals surface area contributed by atoms with Crippen LogP contribution in [0.3, 0.4) is 0 Å². The van der Waals surface area contributed by atoms with E-state index in [1.165, 1.54) is 6.07 Å². The lowest BCUT2D eigenvalue weighted by Crippen LogP contribution is -2.28. The normalized spacial score (nSPS) is 10.1. The third-order valence-corrected chi connectivity index (χ3v) is 2.80. The molecule has 0 saturated carbocycles. The first-order chi connectivity index (χ1) is 9.66. The second-order valence-corrected chi connectivity index (χ2v) is 4.40. The number of carbonyl (C=O) groups excluding carboxylic acids is 1. The van der Waals surface area contributed by atoms with Gasteiger partial charge in [-0.2, -0.15) is 0 Å². The lowest BCUT2D eigenvalue weighted by Gasteiger charge is -2.08. The zero-order valence-corrected chi connectivity index (χ0v) is 11.2.